The lowest BCUT2D eigenvalue weighted by Gasteiger charge is -2.25. The third kappa shape index (κ3) is 3.39. The lowest BCUT2D eigenvalue weighted by atomic mass is 10.2. The van der Waals surface area contributed by atoms with Gasteiger partial charge in [-0.25, -0.2) is 0 Å². The van der Waals surface area contributed by atoms with Gasteiger partial charge in [-0.05, 0) is 46.8 Å². The highest BCUT2D eigenvalue weighted by Crippen LogP contribution is 2.07. The predicted octanol–water partition coefficient (Wildman–Crippen LogP) is 0.991. The molecule has 0 N–H and O–H groups in total. The highest BCUT2D eigenvalue weighted by Gasteiger charge is 2.16. The number of likely N-dealkylation sites (N-methyl/N-ethyl adjacent to an activating group) is 1. The molecule has 1 aliphatic rings. The highest BCUT2D eigenvalue weighted by molar-refractivity contribution is 5.80. The minimum Gasteiger partial charge on any atom is -0.302 e. The molecule has 0 bridgehead atoms. The second kappa shape index (κ2) is 5.47. The van der Waals surface area contributed by atoms with Crippen LogP contribution in [0, 0.1) is 0 Å². The van der Waals surface area contributed by atoms with E-state index in [-0.39, 0.29) is 11.8 Å². The maximum Gasteiger partial charge on any atom is 0.146 e. The van der Waals surface area contributed by atoms with Gasteiger partial charge in [-0.1, -0.05) is 0 Å². The molecule has 0 aromatic heterocycles. The SMILES string of the molecule is CC(=O)C(C)N(C)CCN1CCCC1. The van der Waals surface area contributed by atoms with Crippen LogP contribution in [-0.4, -0.2) is 54.9 Å². The Kier molecular flexibility index (Phi) is 4.55. The summed E-state index contributed by atoms with van der Waals surface area (Å²) < 4.78 is 0. The largest absolute Gasteiger partial charge is 0.302 e. The molecule has 0 spiro atoms. The van der Waals surface area contributed by atoms with Crippen molar-refractivity contribution in [3.63, 3.8) is 0 Å². The second-order valence-corrected chi connectivity index (χ2v) is 4.32. The van der Waals surface area contributed by atoms with Gasteiger partial charge in [0.15, 0.2) is 0 Å². The van der Waals surface area contributed by atoms with Gasteiger partial charge in [-0.3, -0.25) is 9.69 Å². The molecule has 1 rings (SSSR count). The number of hydrogen-bond acceptors (Lipinski definition) is 3. The smallest absolute Gasteiger partial charge is 0.146 e. The van der Waals surface area contributed by atoms with Crippen LogP contribution in [0.1, 0.15) is 26.7 Å². The van der Waals surface area contributed by atoms with E-state index in [1.807, 2.05) is 14.0 Å². The van der Waals surface area contributed by atoms with Gasteiger partial charge in [0.25, 0.3) is 0 Å². The Morgan fingerprint density at radius 1 is 1.43 bits per heavy atom. The first-order chi connectivity index (χ1) is 6.61. The maximum atomic E-state index is 11.1. The molecule has 82 valence electrons. The molecular formula is C11H22N2O. The van der Waals surface area contributed by atoms with Crippen LogP contribution in [0.5, 0.6) is 0 Å². The minimum atomic E-state index is 0.0672. The predicted molar refractivity (Wildman–Crippen MR) is 58.4 cm³/mol. The summed E-state index contributed by atoms with van der Waals surface area (Å²) in [5.41, 5.74) is 0. The molecule has 0 amide bonds. The Morgan fingerprint density at radius 3 is 2.50 bits per heavy atom. The number of ketones is 1. The van der Waals surface area contributed by atoms with Crippen molar-refractivity contribution in [2.75, 3.05) is 33.2 Å². The molecule has 3 nitrogen and oxygen atoms in total. The molecule has 1 saturated heterocycles. The van der Waals surface area contributed by atoms with Crippen LogP contribution in [0.4, 0.5) is 0 Å². The summed E-state index contributed by atoms with van der Waals surface area (Å²) in [5, 5.41) is 0. The number of carbonyl (C=O) groups excluding carboxylic acids is 1. The van der Waals surface area contributed by atoms with Crippen molar-refractivity contribution >= 4 is 5.78 Å². The van der Waals surface area contributed by atoms with Crippen LogP contribution >= 0.6 is 0 Å². The number of likely N-dealkylation sites (tertiary alicyclic amines) is 1. The monoisotopic (exact) mass is 198 g/mol. The fraction of sp³-hybridized carbons (Fsp3) is 0.909. The first kappa shape index (κ1) is 11.7. The Labute approximate surface area is 87.1 Å². The zero-order chi connectivity index (χ0) is 10.6. The summed E-state index contributed by atoms with van der Waals surface area (Å²) in [6.45, 7) is 8.22. The van der Waals surface area contributed by atoms with Crippen LogP contribution in [0.25, 0.3) is 0 Å². The number of Topliss-reactive ketones (excluding diaryl/α,β-unsaturated/α-hetero) is 1. The van der Waals surface area contributed by atoms with E-state index in [0.29, 0.717) is 0 Å². The van der Waals surface area contributed by atoms with Crippen LogP contribution in [0.15, 0.2) is 0 Å². The average molecular weight is 198 g/mol. The average Bonchev–Trinajstić information content (AvgIpc) is 2.65. The van der Waals surface area contributed by atoms with E-state index in [1.54, 1.807) is 6.92 Å². The number of rotatable bonds is 5. The van der Waals surface area contributed by atoms with Crippen LogP contribution in [0.2, 0.25) is 0 Å². The fourth-order valence-electron chi connectivity index (χ4n) is 1.81. The van der Waals surface area contributed by atoms with Gasteiger partial charge in [0.05, 0.1) is 6.04 Å². The van der Waals surface area contributed by atoms with Gasteiger partial charge < -0.3 is 4.90 Å². The molecule has 0 aliphatic carbocycles. The molecule has 14 heavy (non-hydrogen) atoms. The molecular weight excluding hydrogens is 176 g/mol. The van der Waals surface area contributed by atoms with Gasteiger partial charge in [-0.2, -0.15) is 0 Å². The molecule has 1 unspecified atom stereocenters. The third-order valence-electron chi connectivity index (χ3n) is 3.22. The highest BCUT2D eigenvalue weighted by atomic mass is 16.1. The molecule has 0 aromatic rings. The van der Waals surface area contributed by atoms with Gasteiger partial charge >= 0.3 is 0 Å². The standard InChI is InChI=1S/C11H22N2O/c1-10(11(2)14)12(3)8-9-13-6-4-5-7-13/h10H,4-9H2,1-3H3. The summed E-state index contributed by atoms with van der Waals surface area (Å²) in [6.07, 6.45) is 2.68. The summed E-state index contributed by atoms with van der Waals surface area (Å²) in [7, 11) is 2.03. The van der Waals surface area contributed by atoms with E-state index >= 15 is 0 Å². The summed E-state index contributed by atoms with van der Waals surface area (Å²) in [5.74, 6) is 0.258. The van der Waals surface area contributed by atoms with E-state index in [9.17, 15) is 4.79 Å². The van der Waals surface area contributed by atoms with Gasteiger partial charge in [0.2, 0.25) is 0 Å². The zero-order valence-corrected chi connectivity index (χ0v) is 9.62. The maximum absolute atomic E-state index is 11.1. The van der Waals surface area contributed by atoms with Gasteiger partial charge in [0.1, 0.15) is 5.78 Å². The van der Waals surface area contributed by atoms with Crippen molar-refractivity contribution < 1.29 is 4.79 Å². The quantitative estimate of drug-likeness (QED) is 0.658. The van der Waals surface area contributed by atoms with E-state index in [1.165, 1.54) is 25.9 Å². The van der Waals surface area contributed by atoms with Crippen molar-refractivity contribution in [2.45, 2.75) is 32.7 Å². The van der Waals surface area contributed by atoms with Crippen LogP contribution in [0.3, 0.4) is 0 Å². The van der Waals surface area contributed by atoms with Crippen molar-refractivity contribution in [3.8, 4) is 0 Å². The van der Waals surface area contributed by atoms with Crippen LogP contribution < -0.4 is 0 Å². The Balaban J connectivity index is 2.19. The molecule has 3 heteroatoms. The minimum absolute atomic E-state index is 0.0672. The normalized spacial score (nSPS) is 20.3. The summed E-state index contributed by atoms with van der Waals surface area (Å²) >= 11 is 0. The Hall–Kier alpha value is -0.410. The fourth-order valence-corrected chi connectivity index (χ4v) is 1.81. The van der Waals surface area contributed by atoms with Crippen molar-refractivity contribution in [3.05, 3.63) is 0 Å². The van der Waals surface area contributed by atoms with E-state index < -0.39 is 0 Å². The Bertz CT molecular complexity index is 188. The van der Waals surface area contributed by atoms with E-state index in [0.717, 1.165) is 13.1 Å². The molecule has 0 saturated carbocycles. The number of carbonyl (C=O) groups is 1. The molecule has 1 aliphatic heterocycles. The molecule has 0 aromatic carbocycles. The summed E-state index contributed by atoms with van der Waals surface area (Å²) in [6, 6.07) is 0.0672. The zero-order valence-electron chi connectivity index (χ0n) is 9.62. The lowest BCUT2D eigenvalue weighted by molar-refractivity contribution is -0.121. The molecule has 1 fully saturated rings. The first-order valence-electron chi connectivity index (χ1n) is 5.54. The lowest BCUT2D eigenvalue weighted by Crippen LogP contribution is -2.39. The van der Waals surface area contributed by atoms with Gasteiger partial charge in [0, 0.05) is 13.1 Å². The van der Waals surface area contributed by atoms with Crippen molar-refractivity contribution in [2.24, 2.45) is 0 Å². The third-order valence-corrected chi connectivity index (χ3v) is 3.22. The topological polar surface area (TPSA) is 23.6 Å². The second-order valence-electron chi connectivity index (χ2n) is 4.32. The molecule has 1 atom stereocenters. The summed E-state index contributed by atoms with van der Waals surface area (Å²) in [4.78, 5) is 15.7. The molecule has 0 radical (unpaired) electrons. The van der Waals surface area contributed by atoms with E-state index in [2.05, 4.69) is 9.80 Å². The van der Waals surface area contributed by atoms with Crippen molar-refractivity contribution in [1.29, 1.82) is 0 Å². The Morgan fingerprint density at radius 2 is 2.00 bits per heavy atom. The molecule has 1 heterocycles. The van der Waals surface area contributed by atoms with Gasteiger partial charge in [-0.15, -0.1) is 0 Å². The van der Waals surface area contributed by atoms with Crippen LogP contribution in [-0.2, 0) is 4.79 Å². The number of hydrogen-bond donors (Lipinski definition) is 0. The van der Waals surface area contributed by atoms with Crippen molar-refractivity contribution in [1.82, 2.24) is 9.80 Å². The first-order valence-corrected chi connectivity index (χ1v) is 5.54. The van der Waals surface area contributed by atoms with E-state index in [4.69, 9.17) is 0 Å². The number of nitrogens with zero attached hydrogens (tertiary/aromatic N) is 2.